The summed E-state index contributed by atoms with van der Waals surface area (Å²) in [5, 5.41) is 18.8. The summed E-state index contributed by atoms with van der Waals surface area (Å²) in [5.41, 5.74) is 0.828. The molecule has 4 heteroatoms. The Morgan fingerprint density at radius 2 is 1.93 bits per heavy atom. The van der Waals surface area contributed by atoms with Crippen LogP contribution in [-0.2, 0) is 6.54 Å². The molecular weight excluding hydrogens is 180 g/mol. The second-order valence-electron chi connectivity index (χ2n) is 3.26. The average molecular weight is 196 g/mol. The van der Waals surface area contributed by atoms with Crippen LogP contribution in [-0.4, -0.2) is 32.6 Å². The highest BCUT2D eigenvalue weighted by Crippen LogP contribution is 2.07. The molecule has 1 heterocycles. The Kier molecular flexibility index (Phi) is 4.00. The zero-order valence-electron chi connectivity index (χ0n) is 8.46. The van der Waals surface area contributed by atoms with E-state index in [4.69, 9.17) is 0 Å². The maximum atomic E-state index is 9.38. The Morgan fingerprint density at radius 3 is 2.36 bits per heavy atom. The van der Waals surface area contributed by atoms with Gasteiger partial charge in [0.1, 0.15) is 12.5 Å². The van der Waals surface area contributed by atoms with Gasteiger partial charge in [0.05, 0.1) is 5.69 Å². The lowest BCUT2D eigenvalue weighted by atomic mass is 10.3. The van der Waals surface area contributed by atoms with E-state index in [-0.39, 0.29) is 0 Å². The minimum atomic E-state index is -0.683. The molecule has 1 aromatic heterocycles. The largest absolute Gasteiger partial charge is 0.379 e. The smallest absolute Gasteiger partial charge is 0.106 e. The van der Waals surface area contributed by atoms with Crippen molar-refractivity contribution in [2.24, 2.45) is 0 Å². The number of pyridine rings is 1. The maximum absolute atomic E-state index is 9.38. The molecule has 14 heavy (non-hydrogen) atoms. The van der Waals surface area contributed by atoms with Crippen molar-refractivity contribution in [2.75, 3.05) is 0 Å². The highest BCUT2D eigenvalue weighted by molar-refractivity contribution is 5.03. The van der Waals surface area contributed by atoms with Crippen LogP contribution < -0.4 is 0 Å². The lowest BCUT2D eigenvalue weighted by Gasteiger charge is -2.27. The van der Waals surface area contributed by atoms with Crippen molar-refractivity contribution in [3.05, 3.63) is 30.1 Å². The molecule has 0 aliphatic heterocycles. The summed E-state index contributed by atoms with van der Waals surface area (Å²) in [6, 6.07) is 5.57. The summed E-state index contributed by atoms with van der Waals surface area (Å²) in [6.07, 6.45) is 0.325. The molecule has 1 rings (SSSR count). The van der Waals surface area contributed by atoms with Gasteiger partial charge in [-0.2, -0.15) is 0 Å². The van der Waals surface area contributed by atoms with Gasteiger partial charge in [0.2, 0.25) is 0 Å². The van der Waals surface area contributed by atoms with Gasteiger partial charge in [0, 0.05) is 12.7 Å². The highest BCUT2D eigenvalue weighted by atomic mass is 16.3. The van der Waals surface area contributed by atoms with E-state index < -0.39 is 12.5 Å². The van der Waals surface area contributed by atoms with Crippen LogP contribution in [0.15, 0.2) is 24.4 Å². The summed E-state index contributed by atoms with van der Waals surface area (Å²) < 4.78 is 0. The Morgan fingerprint density at radius 1 is 1.29 bits per heavy atom. The van der Waals surface area contributed by atoms with Crippen LogP contribution in [0.4, 0.5) is 0 Å². The van der Waals surface area contributed by atoms with Gasteiger partial charge in [-0.25, -0.2) is 4.90 Å². The van der Waals surface area contributed by atoms with E-state index in [1.54, 1.807) is 24.9 Å². The predicted octanol–water partition coefficient (Wildman–Crippen LogP) is 0.560. The van der Waals surface area contributed by atoms with Crippen molar-refractivity contribution in [1.29, 1.82) is 0 Å². The summed E-state index contributed by atoms with van der Waals surface area (Å²) >= 11 is 0. The molecule has 0 aliphatic carbocycles. The van der Waals surface area contributed by atoms with E-state index in [9.17, 15) is 10.2 Å². The van der Waals surface area contributed by atoms with Crippen molar-refractivity contribution in [1.82, 2.24) is 9.88 Å². The first-order chi connectivity index (χ1) is 6.61. The van der Waals surface area contributed by atoms with Crippen molar-refractivity contribution in [3.8, 4) is 0 Å². The fourth-order valence-electron chi connectivity index (χ4n) is 1.26. The number of hydrogen-bond donors (Lipinski definition) is 2. The minimum absolute atomic E-state index is 0.441. The summed E-state index contributed by atoms with van der Waals surface area (Å²) in [4.78, 5) is 5.66. The fourth-order valence-corrected chi connectivity index (χ4v) is 1.26. The van der Waals surface area contributed by atoms with Gasteiger partial charge in [0.15, 0.2) is 0 Å². The van der Waals surface area contributed by atoms with Gasteiger partial charge in [-0.3, -0.25) is 4.98 Å². The molecule has 1 aromatic rings. The third-order valence-corrected chi connectivity index (χ3v) is 2.03. The molecule has 0 radical (unpaired) electrons. The first kappa shape index (κ1) is 11.1. The molecule has 0 saturated heterocycles. The van der Waals surface area contributed by atoms with E-state index >= 15 is 0 Å². The van der Waals surface area contributed by atoms with Crippen molar-refractivity contribution in [2.45, 2.75) is 32.8 Å². The molecule has 0 amide bonds. The third-order valence-electron chi connectivity index (χ3n) is 2.03. The number of aliphatic hydroxyl groups excluding tert-OH is 2. The molecule has 0 fully saturated rings. The molecule has 4 nitrogen and oxygen atoms in total. The predicted molar refractivity (Wildman–Crippen MR) is 53.1 cm³/mol. The fraction of sp³-hybridized carbons (Fsp3) is 0.500. The van der Waals surface area contributed by atoms with Crippen LogP contribution in [0.5, 0.6) is 0 Å². The minimum Gasteiger partial charge on any atom is -0.379 e. The standard InChI is InChI=1S/C10H16N2O2/c1-8(13)12(9(2)14)7-10-5-3-4-6-11-10/h3-6,8-9,13-14H,7H2,1-2H3. The van der Waals surface area contributed by atoms with Gasteiger partial charge in [0.25, 0.3) is 0 Å². The Balaban J connectivity index is 2.65. The number of nitrogens with zero attached hydrogens (tertiary/aromatic N) is 2. The molecule has 2 unspecified atom stereocenters. The van der Waals surface area contributed by atoms with Crippen LogP contribution >= 0.6 is 0 Å². The molecule has 78 valence electrons. The number of aromatic nitrogens is 1. The van der Waals surface area contributed by atoms with E-state index in [0.717, 1.165) is 5.69 Å². The Hall–Kier alpha value is -0.970. The van der Waals surface area contributed by atoms with E-state index in [0.29, 0.717) is 6.54 Å². The molecule has 2 atom stereocenters. The van der Waals surface area contributed by atoms with E-state index in [1.807, 2.05) is 18.2 Å². The van der Waals surface area contributed by atoms with Gasteiger partial charge < -0.3 is 10.2 Å². The topological polar surface area (TPSA) is 56.6 Å². The maximum Gasteiger partial charge on any atom is 0.106 e. The van der Waals surface area contributed by atoms with Crippen LogP contribution in [0.25, 0.3) is 0 Å². The number of hydrogen-bond acceptors (Lipinski definition) is 4. The second-order valence-corrected chi connectivity index (χ2v) is 3.26. The molecular formula is C10H16N2O2. The summed E-state index contributed by atoms with van der Waals surface area (Å²) in [7, 11) is 0. The summed E-state index contributed by atoms with van der Waals surface area (Å²) in [5.74, 6) is 0. The zero-order chi connectivity index (χ0) is 10.6. The first-order valence-electron chi connectivity index (χ1n) is 4.63. The van der Waals surface area contributed by atoms with Crippen molar-refractivity contribution < 1.29 is 10.2 Å². The molecule has 0 saturated carbocycles. The van der Waals surface area contributed by atoms with Crippen molar-refractivity contribution >= 4 is 0 Å². The van der Waals surface area contributed by atoms with Crippen LogP contribution in [0, 0.1) is 0 Å². The Bertz CT molecular complexity index is 254. The van der Waals surface area contributed by atoms with Gasteiger partial charge in [-0.05, 0) is 26.0 Å². The van der Waals surface area contributed by atoms with Crippen LogP contribution in [0.3, 0.4) is 0 Å². The van der Waals surface area contributed by atoms with E-state index in [2.05, 4.69) is 4.98 Å². The number of aliphatic hydroxyl groups is 2. The lowest BCUT2D eigenvalue weighted by Crippen LogP contribution is -2.39. The third kappa shape index (κ3) is 3.06. The summed E-state index contributed by atoms with van der Waals surface area (Å²) in [6.45, 7) is 3.68. The highest BCUT2D eigenvalue weighted by Gasteiger charge is 2.16. The van der Waals surface area contributed by atoms with Crippen molar-refractivity contribution in [3.63, 3.8) is 0 Å². The van der Waals surface area contributed by atoms with Crippen LogP contribution in [0.1, 0.15) is 19.5 Å². The molecule has 0 aromatic carbocycles. The molecule has 0 aliphatic rings. The van der Waals surface area contributed by atoms with Gasteiger partial charge in [-0.1, -0.05) is 6.07 Å². The molecule has 0 spiro atoms. The second kappa shape index (κ2) is 5.05. The van der Waals surface area contributed by atoms with Gasteiger partial charge >= 0.3 is 0 Å². The van der Waals surface area contributed by atoms with Gasteiger partial charge in [-0.15, -0.1) is 0 Å². The van der Waals surface area contributed by atoms with E-state index in [1.165, 1.54) is 0 Å². The van der Waals surface area contributed by atoms with Crippen LogP contribution in [0.2, 0.25) is 0 Å². The quantitative estimate of drug-likeness (QED) is 0.691. The Labute approximate surface area is 83.8 Å². The average Bonchev–Trinajstić information content (AvgIpc) is 2.15. The first-order valence-corrected chi connectivity index (χ1v) is 4.63. The lowest BCUT2D eigenvalue weighted by molar-refractivity contribution is -0.0903. The molecule has 2 N–H and O–H groups in total. The zero-order valence-corrected chi connectivity index (χ0v) is 8.46. The normalized spacial score (nSPS) is 15.5. The SMILES string of the molecule is CC(O)N(Cc1ccccn1)C(C)O. The molecule has 0 bridgehead atoms. The number of rotatable bonds is 4. The monoisotopic (exact) mass is 196 g/mol.